The molecule has 0 aliphatic heterocycles. The van der Waals surface area contributed by atoms with Gasteiger partial charge >= 0.3 is 13.6 Å². The van der Waals surface area contributed by atoms with Crippen LogP contribution >= 0.6 is 19.8 Å². The van der Waals surface area contributed by atoms with Gasteiger partial charge in [-0.15, -0.1) is 0 Å². The SMILES string of the molecule is CCC(CC)(C(=O)OCc1ccc(OC)cc1)P(=O)(O)ONC=S. The number of carbonyl (C=O) groups excluding carboxylic acids is 1. The van der Waals surface area contributed by atoms with Crippen LogP contribution in [0.25, 0.3) is 0 Å². The zero-order chi connectivity index (χ0) is 18.2. The van der Waals surface area contributed by atoms with E-state index >= 15 is 0 Å². The molecule has 0 amide bonds. The number of hydroxylamine groups is 1. The van der Waals surface area contributed by atoms with Crippen molar-refractivity contribution in [3.05, 3.63) is 29.8 Å². The molecule has 1 unspecified atom stereocenters. The number of rotatable bonds is 10. The molecule has 0 heterocycles. The fourth-order valence-corrected chi connectivity index (χ4v) is 3.82. The van der Waals surface area contributed by atoms with Crippen LogP contribution in [0.4, 0.5) is 0 Å². The van der Waals surface area contributed by atoms with Crippen molar-refractivity contribution in [2.45, 2.75) is 38.5 Å². The molecule has 2 N–H and O–H groups in total. The molecular formula is C15H22NO6PS. The summed E-state index contributed by atoms with van der Waals surface area (Å²) in [4.78, 5) is 22.7. The van der Waals surface area contributed by atoms with E-state index in [-0.39, 0.29) is 19.4 Å². The van der Waals surface area contributed by atoms with Crippen molar-refractivity contribution >= 4 is 31.3 Å². The van der Waals surface area contributed by atoms with E-state index < -0.39 is 18.7 Å². The Morgan fingerprint density at radius 3 is 2.38 bits per heavy atom. The summed E-state index contributed by atoms with van der Waals surface area (Å²) in [6.07, 6.45) is 0.162. The summed E-state index contributed by atoms with van der Waals surface area (Å²) < 4.78 is 27.5. The number of nitrogens with one attached hydrogen (secondary N) is 1. The minimum Gasteiger partial charge on any atom is -0.497 e. The first-order chi connectivity index (χ1) is 11.4. The van der Waals surface area contributed by atoms with Gasteiger partial charge in [0.15, 0.2) is 5.16 Å². The van der Waals surface area contributed by atoms with Crippen molar-refractivity contribution in [1.29, 1.82) is 0 Å². The second kappa shape index (κ2) is 9.13. The van der Waals surface area contributed by atoms with Gasteiger partial charge in [0, 0.05) is 0 Å². The molecule has 134 valence electrons. The van der Waals surface area contributed by atoms with E-state index in [1.54, 1.807) is 45.2 Å². The molecule has 1 aromatic carbocycles. The maximum absolute atomic E-state index is 12.5. The Morgan fingerprint density at radius 1 is 1.33 bits per heavy atom. The number of benzene rings is 1. The molecule has 9 heteroatoms. The van der Waals surface area contributed by atoms with Gasteiger partial charge < -0.3 is 14.4 Å². The Bertz CT molecular complexity index is 602. The first kappa shape index (κ1) is 20.6. The van der Waals surface area contributed by atoms with Crippen LogP contribution in [0.2, 0.25) is 0 Å². The average molecular weight is 375 g/mol. The lowest BCUT2D eigenvalue weighted by Crippen LogP contribution is -2.40. The van der Waals surface area contributed by atoms with Crippen molar-refractivity contribution in [3.63, 3.8) is 0 Å². The third kappa shape index (κ3) is 4.54. The largest absolute Gasteiger partial charge is 0.497 e. The summed E-state index contributed by atoms with van der Waals surface area (Å²) in [5.41, 5.74) is 3.74. The fraction of sp³-hybridized carbons (Fsp3) is 0.467. The second-order valence-corrected chi connectivity index (χ2v) is 7.33. The number of carbonyl (C=O) groups is 1. The quantitative estimate of drug-likeness (QED) is 0.279. The van der Waals surface area contributed by atoms with E-state index in [0.29, 0.717) is 5.75 Å². The normalized spacial score (nSPS) is 13.7. The highest BCUT2D eigenvalue weighted by Crippen LogP contribution is 2.58. The van der Waals surface area contributed by atoms with Gasteiger partial charge in [0.25, 0.3) is 0 Å². The maximum Gasteiger partial charge on any atom is 0.366 e. The van der Waals surface area contributed by atoms with Crippen LogP contribution in [-0.4, -0.2) is 28.6 Å². The van der Waals surface area contributed by atoms with Gasteiger partial charge in [-0.25, -0.2) is 0 Å². The van der Waals surface area contributed by atoms with Gasteiger partial charge in [0.05, 0.1) is 12.6 Å². The monoisotopic (exact) mass is 375 g/mol. The van der Waals surface area contributed by atoms with Crippen molar-refractivity contribution in [3.8, 4) is 5.75 Å². The molecule has 0 saturated heterocycles. The predicted octanol–water partition coefficient (Wildman–Crippen LogP) is 2.96. The fourth-order valence-electron chi connectivity index (χ4n) is 2.24. The Hall–Kier alpha value is -1.47. The third-order valence-corrected chi connectivity index (χ3v) is 6.19. The lowest BCUT2D eigenvalue weighted by atomic mass is 10.0. The van der Waals surface area contributed by atoms with Crippen molar-refractivity contribution in [2.24, 2.45) is 0 Å². The van der Waals surface area contributed by atoms with Crippen LogP contribution in [0.3, 0.4) is 0 Å². The Morgan fingerprint density at radius 2 is 1.92 bits per heavy atom. The Labute approximate surface area is 146 Å². The van der Waals surface area contributed by atoms with E-state index in [4.69, 9.17) is 14.1 Å². The summed E-state index contributed by atoms with van der Waals surface area (Å²) in [6, 6.07) is 6.96. The van der Waals surface area contributed by atoms with E-state index in [2.05, 4.69) is 17.7 Å². The van der Waals surface area contributed by atoms with Gasteiger partial charge in [0.2, 0.25) is 0 Å². The molecule has 0 fully saturated rings. The average Bonchev–Trinajstić information content (AvgIpc) is 2.60. The van der Waals surface area contributed by atoms with Crippen molar-refractivity contribution in [1.82, 2.24) is 5.48 Å². The molecule has 0 aliphatic carbocycles. The number of hydrogen-bond donors (Lipinski definition) is 2. The number of hydrogen-bond acceptors (Lipinski definition) is 6. The van der Waals surface area contributed by atoms with Gasteiger partial charge in [0.1, 0.15) is 12.4 Å². The van der Waals surface area contributed by atoms with Gasteiger partial charge in [-0.2, -0.15) is 4.62 Å². The molecule has 0 saturated carbocycles. The molecule has 0 bridgehead atoms. The van der Waals surface area contributed by atoms with Crippen LogP contribution in [0.5, 0.6) is 5.75 Å². The Balaban J connectivity index is 2.89. The van der Waals surface area contributed by atoms with E-state index in [1.165, 1.54) is 0 Å². The highest BCUT2D eigenvalue weighted by atomic mass is 32.1. The number of ether oxygens (including phenoxy) is 2. The zero-order valence-corrected chi connectivity index (χ0v) is 15.6. The predicted molar refractivity (Wildman–Crippen MR) is 93.8 cm³/mol. The van der Waals surface area contributed by atoms with Crippen molar-refractivity contribution in [2.75, 3.05) is 7.11 Å². The minimum atomic E-state index is -4.34. The third-order valence-electron chi connectivity index (χ3n) is 3.84. The molecule has 1 rings (SSSR count). The number of esters is 1. The van der Waals surface area contributed by atoms with Gasteiger partial charge in [-0.1, -0.05) is 38.2 Å². The Kier molecular flexibility index (Phi) is 7.83. The number of methoxy groups -OCH3 is 1. The van der Waals surface area contributed by atoms with Crippen LogP contribution in [0.1, 0.15) is 32.3 Å². The highest BCUT2D eigenvalue weighted by Gasteiger charge is 2.54. The van der Waals surface area contributed by atoms with Crippen LogP contribution < -0.4 is 10.2 Å². The molecule has 0 aliphatic rings. The standard InChI is InChI=1S/C15H22NO6PS/c1-4-15(5-2,23(18,19)22-16-11-24)14(17)21-10-12-6-8-13(20-3)9-7-12/h6-9,11H,4-5,10H2,1-3H3,(H,16,24)(H,18,19). The summed E-state index contributed by atoms with van der Waals surface area (Å²) >= 11 is 4.50. The van der Waals surface area contributed by atoms with Gasteiger partial charge in [-0.3, -0.25) is 14.8 Å². The summed E-state index contributed by atoms with van der Waals surface area (Å²) in [5.74, 6) is -0.110. The molecule has 24 heavy (non-hydrogen) atoms. The lowest BCUT2D eigenvalue weighted by Gasteiger charge is -2.31. The van der Waals surface area contributed by atoms with E-state index in [9.17, 15) is 14.3 Å². The zero-order valence-electron chi connectivity index (χ0n) is 13.9. The molecule has 7 nitrogen and oxygen atoms in total. The summed E-state index contributed by atoms with van der Waals surface area (Å²) in [6.45, 7) is 3.23. The van der Waals surface area contributed by atoms with Crippen LogP contribution in [-0.2, 0) is 25.3 Å². The molecule has 1 atom stereocenters. The molecule has 0 radical (unpaired) electrons. The van der Waals surface area contributed by atoms with Crippen LogP contribution in [0, 0.1) is 0 Å². The van der Waals surface area contributed by atoms with E-state index in [1.807, 2.05) is 0 Å². The number of thiocarbonyl (C=S) groups is 1. The second-order valence-electron chi connectivity index (χ2n) is 5.01. The molecule has 1 aromatic rings. The lowest BCUT2D eigenvalue weighted by molar-refractivity contribution is -0.149. The van der Waals surface area contributed by atoms with Gasteiger partial charge in [-0.05, 0) is 30.5 Å². The molecule has 0 spiro atoms. The first-order valence-corrected chi connectivity index (χ1v) is 9.42. The highest BCUT2D eigenvalue weighted by molar-refractivity contribution is 7.78. The minimum absolute atomic E-state index is 0.0227. The molecular weight excluding hydrogens is 353 g/mol. The van der Waals surface area contributed by atoms with Crippen molar-refractivity contribution < 1.29 is 28.4 Å². The van der Waals surface area contributed by atoms with Crippen LogP contribution in [0.15, 0.2) is 24.3 Å². The smallest absolute Gasteiger partial charge is 0.366 e. The summed E-state index contributed by atoms with van der Waals surface area (Å²) in [7, 11) is -2.79. The maximum atomic E-state index is 12.5. The first-order valence-electron chi connectivity index (χ1n) is 7.37. The molecule has 0 aromatic heterocycles. The summed E-state index contributed by atoms with van der Waals surface area (Å²) in [5, 5.41) is -1.66. The van der Waals surface area contributed by atoms with E-state index in [0.717, 1.165) is 11.1 Å². The topological polar surface area (TPSA) is 94.1 Å².